The van der Waals surface area contributed by atoms with Gasteiger partial charge in [0.15, 0.2) is 0 Å². The van der Waals surface area contributed by atoms with Crippen LogP contribution in [-0.4, -0.2) is 17.1 Å². The van der Waals surface area contributed by atoms with Crippen molar-refractivity contribution in [2.75, 3.05) is 0 Å². The Labute approximate surface area is 52.1 Å². The lowest BCUT2D eigenvalue weighted by Crippen LogP contribution is -2.27. The lowest BCUT2D eigenvalue weighted by Gasteiger charge is -1.99. The van der Waals surface area contributed by atoms with Crippen LogP contribution in [0.5, 0.6) is 0 Å². The third-order valence-electron chi connectivity index (χ3n) is 0.619. The van der Waals surface area contributed by atoms with Gasteiger partial charge in [0.2, 0.25) is 0 Å². The van der Waals surface area contributed by atoms with Gasteiger partial charge in [0.1, 0.15) is 6.04 Å². The zero-order valence-corrected chi connectivity index (χ0v) is 4.85. The van der Waals surface area contributed by atoms with E-state index in [0.29, 0.717) is 0 Å². The van der Waals surface area contributed by atoms with E-state index in [1.54, 1.807) is 0 Å². The molecule has 0 bridgehead atoms. The van der Waals surface area contributed by atoms with Crippen molar-refractivity contribution < 1.29 is 9.90 Å². The van der Waals surface area contributed by atoms with Crippen LogP contribution in [-0.2, 0) is 4.79 Å². The molecule has 4 heteroatoms. The number of nitrogens with one attached hydrogen (secondary N) is 1. The Balaban J connectivity index is 3.69. The van der Waals surface area contributed by atoms with E-state index in [9.17, 15) is 4.79 Å². The minimum absolute atomic E-state index is 0.850. The van der Waals surface area contributed by atoms with Gasteiger partial charge in [0, 0.05) is 0 Å². The summed E-state index contributed by atoms with van der Waals surface area (Å²) in [6, 6.07) is -0.850. The molecule has 0 radical (unpaired) electrons. The highest BCUT2D eigenvalue weighted by Crippen LogP contribution is 1.84. The molecule has 0 heterocycles. The van der Waals surface area contributed by atoms with Crippen molar-refractivity contribution in [3.05, 3.63) is 12.7 Å². The van der Waals surface area contributed by atoms with Crippen LogP contribution in [0.15, 0.2) is 12.7 Å². The molecule has 0 amide bonds. The molecule has 8 heavy (non-hydrogen) atoms. The molecule has 2 N–H and O–H groups in total. The van der Waals surface area contributed by atoms with Gasteiger partial charge in [-0.3, -0.25) is 4.79 Å². The number of halogens is 1. The van der Waals surface area contributed by atoms with Gasteiger partial charge in [-0.05, 0) is 11.8 Å². The highest BCUT2D eigenvalue weighted by atomic mass is 35.5. The summed E-state index contributed by atoms with van der Waals surface area (Å²) in [5.74, 6) is -1.03. The highest BCUT2D eigenvalue weighted by molar-refractivity contribution is 6.15. The second kappa shape index (κ2) is 3.46. The minimum atomic E-state index is -1.03. The molecule has 0 aromatic rings. The molecule has 0 fully saturated rings. The van der Waals surface area contributed by atoms with Crippen LogP contribution < -0.4 is 4.84 Å². The fourth-order valence-electron chi connectivity index (χ4n) is 0.192. The van der Waals surface area contributed by atoms with E-state index in [2.05, 4.69) is 6.58 Å². The van der Waals surface area contributed by atoms with E-state index >= 15 is 0 Å². The second-order valence-corrected chi connectivity index (χ2v) is 1.38. The van der Waals surface area contributed by atoms with Crippen LogP contribution in [0.25, 0.3) is 0 Å². The molecule has 0 unspecified atom stereocenters. The normalized spacial score (nSPS) is 12.6. The third-order valence-corrected chi connectivity index (χ3v) is 0.854. The van der Waals surface area contributed by atoms with Crippen LogP contribution in [0.4, 0.5) is 0 Å². The molecule has 0 aliphatic carbocycles. The third kappa shape index (κ3) is 1.95. The monoisotopic (exact) mass is 135 g/mol. The average Bonchev–Trinajstić information content (AvgIpc) is 1.69. The van der Waals surface area contributed by atoms with Gasteiger partial charge in [-0.25, -0.2) is 4.84 Å². The molecule has 0 spiro atoms. The lowest BCUT2D eigenvalue weighted by atomic mass is 10.3. The van der Waals surface area contributed by atoms with Gasteiger partial charge < -0.3 is 5.11 Å². The van der Waals surface area contributed by atoms with Crippen molar-refractivity contribution in [3.63, 3.8) is 0 Å². The summed E-state index contributed by atoms with van der Waals surface area (Å²) in [5, 5.41) is 8.16. The summed E-state index contributed by atoms with van der Waals surface area (Å²) >= 11 is 4.96. The quantitative estimate of drug-likeness (QED) is 0.434. The first-order valence-electron chi connectivity index (χ1n) is 1.94. The Morgan fingerprint density at radius 2 is 2.50 bits per heavy atom. The van der Waals surface area contributed by atoms with E-state index < -0.39 is 12.0 Å². The molecule has 0 rings (SSSR count). The van der Waals surface area contributed by atoms with Crippen molar-refractivity contribution >= 4 is 17.7 Å². The number of carboxylic acids is 1. The highest BCUT2D eigenvalue weighted by Gasteiger charge is 2.08. The topological polar surface area (TPSA) is 49.3 Å². The maximum absolute atomic E-state index is 9.94. The molecular weight excluding hydrogens is 130 g/mol. The van der Waals surface area contributed by atoms with Gasteiger partial charge in [0.05, 0.1) is 0 Å². The minimum Gasteiger partial charge on any atom is -0.480 e. The number of rotatable bonds is 3. The Morgan fingerprint density at radius 1 is 2.00 bits per heavy atom. The van der Waals surface area contributed by atoms with Gasteiger partial charge in [-0.1, -0.05) is 6.08 Å². The molecule has 1 atom stereocenters. The first-order valence-corrected chi connectivity index (χ1v) is 2.31. The number of carboxylic acid groups (broad SMARTS) is 1. The average molecular weight is 136 g/mol. The molecule has 0 saturated carbocycles. The van der Waals surface area contributed by atoms with E-state index in [-0.39, 0.29) is 0 Å². The van der Waals surface area contributed by atoms with E-state index in [0.717, 1.165) is 0 Å². The van der Waals surface area contributed by atoms with Crippen LogP contribution in [0.3, 0.4) is 0 Å². The fourth-order valence-corrected chi connectivity index (χ4v) is 0.374. The molecular formula is C4H6ClNO2. The van der Waals surface area contributed by atoms with Crippen LogP contribution >= 0.6 is 11.8 Å². The van der Waals surface area contributed by atoms with Crippen LogP contribution in [0, 0.1) is 0 Å². The number of hydrogen-bond acceptors (Lipinski definition) is 2. The van der Waals surface area contributed by atoms with Gasteiger partial charge in [-0.15, -0.1) is 6.58 Å². The summed E-state index contributed by atoms with van der Waals surface area (Å²) in [5.41, 5.74) is 0. The van der Waals surface area contributed by atoms with E-state index in [1.807, 2.05) is 4.84 Å². The number of carbonyl (C=O) groups is 1. The Bertz CT molecular complexity index is 104. The summed E-state index contributed by atoms with van der Waals surface area (Å²) < 4.78 is 0. The van der Waals surface area contributed by atoms with Gasteiger partial charge >= 0.3 is 5.97 Å². The van der Waals surface area contributed by atoms with Crippen molar-refractivity contribution in [2.45, 2.75) is 6.04 Å². The van der Waals surface area contributed by atoms with Crippen molar-refractivity contribution in [3.8, 4) is 0 Å². The fraction of sp³-hybridized carbons (Fsp3) is 0.250. The predicted molar refractivity (Wildman–Crippen MR) is 30.6 cm³/mol. The molecule has 0 aromatic heterocycles. The SMILES string of the molecule is C=C[C@H](NCl)C(=O)O. The van der Waals surface area contributed by atoms with Gasteiger partial charge in [0.25, 0.3) is 0 Å². The zero-order chi connectivity index (χ0) is 6.57. The van der Waals surface area contributed by atoms with Gasteiger partial charge in [-0.2, -0.15) is 0 Å². The molecule has 0 aliphatic rings. The first kappa shape index (κ1) is 7.46. The smallest absolute Gasteiger partial charge is 0.325 e. The second-order valence-electron chi connectivity index (χ2n) is 1.16. The molecule has 46 valence electrons. The molecule has 0 aliphatic heterocycles. The first-order chi connectivity index (χ1) is 3.72. The maximum Gasteiger partial charge on any atom is 0.325 e. The standard InChI is InChI=1S/C4H6ClNO2/c1-2-3(6-5)4(7)8/h2-3,6H,1H2,(H,7,8)/t3-/m0/s1. The Hall–Kier alpha value is -0.540. The van der Waals surface area contributed by atoms with E-state index in [4.69, 9.17) is 16.9 Å². The molecule has 0 saturated heterocycles. The Morgan fingerprint density at radius 3 is 2.50 bits per heavy atom. The Kier molecular flexibility index (Phi) is 3.23. The predicted octanol–water partition coefficient (Wildman–Crippen LogP) is 0.369. The molecule has 0 aromatic carbocycles. The summed E-state index contributed by atoms with van der Waals surface area (Å²) in [7, 11) is 0. The van der Waals surface area contributed by atoms with Crippen molar-refractivity contribution in [1.82, 2.24) is 4.84 Å². The van der Waals surface area contributed by atoms with Crippen molar-refractivity contribution in [1.29, 1.82) is 0 Å². The van der Waals surface area contributed by atoms with E-state index in [1.165, 1.54) is 6.08 Å². The largest absolute Gasteiger partial charge is 0.480 e. The van der Waals surface area contributed by atoms with Crippen LogP contribution in [0.1, 0.15) is 0 Å². The molecule has 3 nitrogen and oxygen atoms in total. The van der Waals surface area contributed by atoms with Crippen LogP contribution in [0.2, 0.25) is 0 Å². The summed E-state index contributed by atoms with van der Waals surface area (Å²) in [6.45, 7) is 3.23. The number of aliphatic carboxylic acids is 1. The zero-order valence-electron chi connectivity index (χ0n) is 4.10. The summed E-state index contributed by atoms with van der Waals surface area (Å²) in [6.07, 6.45) is 1.20. The lowest BCUT2D eigenvalue weighted by molar-refractivity contribution is -0.137. The van der Waals surface area contributed by atoms with Crippen molar-refractivity contribution in [2.24, 2.45) is 0 Å². The summed E-state index contributed by atoms with van der Waals surface area (Å²) in [4.78, 5) is 11.9. The number of hydrogen-bond donors (Lipinski definition) is 2. The maximum atomic E-state index is 9.94.